The lowest BCUT2D eigenvalue weighted by Crippen LogP contribution is -2.43. The van der Waals surface area contributed by atoms with Crippen LogP contribution in [-0.4, -0.2) is 41.0 Å². The van der Waals surface area contributed by atoms with Crippen molar-refractivity contribution in [3.05, 3.63) is 40.1 Å². The van der Waals surface area contributed by atoms with Crippen molar-refractivity contribution in [1.29, 1.82) is 0 Å². The van der Waals surface area contributed by atoms with Gasteiger partial charge in [0, 0.05) is 11.1 Å². The molecule has 2 amide bonds. The van der Waals surface area contributed by atoms with E-state index in [1.54, 1.807) is 31.2 Å². The lowest BCUT2D eigenvalue weighted by Gasteiger charge is -2.23. The van der Waals surface area contributed by atoms with Crippen LogP contribution < -0.4 is 10.6 Å². The first-order valence-corrected chi connectivity index (χ1v) is 8.91. The summed E-state index contributed by atoms with van der Waals surface area (Å²) in [6, 6.07) is 6.11. The number of benzene rings is 1. The first-order chi connectivity index (χ1) is 12.4. The molecule has 1 aliphatic heterocycles. The van der Waals surface area contributed by atoms with Crippen LogP contribution in [-0.2, 0) is 9.59 Å². The fourth-order valence-corrected chi connectivity index (χ4v) is 3.37. The van der Waals surface area contributed by atoms with Crippen molar-refractivity contribution in [1.82, 2.24) is 10.1 Å². The molecule has 1 saturated heterocycles. The Morgan fingerprint density at radius 3 is 2.81 bits per heavy atom. The van der Waals surface area contributed by atoms with E-state index in [0.717, 1.165) is 6.42 Å². The molecule has 2 heterocycles. The number of aryl methyl sites for hydroxylation is 1. The summed E-state index contributed by atoms with van der Waals surface area (Å²) in [7, 11) is 0. The molecule has 1 aromatic carbocycles. The zero-order valence-electron chi connectivity index (χ0n) is 14.1. The Labute approximate surface area is 160 Å². The quantitative estimate of drug-likeness (QED) is 0.808. The second-order valence-electron chi connectivity index (χ2n) is 6.11. The minimum Gasteiger partial charge on any atom is -0.360 e. The summed E-state index contributed by atoms with van der Waals surface area (Å²) in [5.41, 5.74) is 0.496. The van der Waals surface area contributed by atoms with Crippen molar-refractivity contribution in [2.75, 3.05) is 23.7 Å². The first kappa shape index (κ1) is 18.7. The zero-order chi connectivity index (χ0) is 18.7. The van der Waals surface area contributed by atoms with Crippen LogP contribution in [0.1, 0.15) is 18.6 Å². The van der Waals surface area contributed by atoms with Gasteiger partial charge in [-0.3, -0.25) is 14.5 Å². The molecule has 7 nitrogen and oxygen atoms in total. The molecule has 0 aliphatic carbocycles. The normalized spacial score (nSPS) is 17.3. The highest BCUT2D eigenvalue weighted by molar-refractivity contribution is 6.36. The van der Waals surface area contributed by atoms with Crippen molar-refractivity contribution >= 4 is 46.5 Å². The molecule has 0 bridgehead atoms. The van der Waals surface area contributed by atoms with E-state index in [-0.39, 0.29) is 18.4 Å². The summed E-state index contributed by atoms with van der Waals surface area (Å²) in [5.74, 6) is 0.526. The van der Waals surface area contributed by atoms with Crippen molar-refractivity contribution in [2.45, 2.75) is 25.8 Å². The molecular weight excluding hydrogens is 379 g/mol. The molecule has 1 aliphatic rings. The van der Waals surface area contributed by atoms with E-state index in [4.69, 9.17) is 27.7 Å². The maximum absolute atomic E-state index is 12.6. The largest absolute Gasteiger partial charge is 0.360 e. The minimum absolute atomic E-state index is 0.0956. The average molecular weight is 397 g/mol. The molecule has 0 spiro atoms. The number of rotatable bonds is 5. The molecule has 0 saturated carbocycles. The predicted octanol–water partition coefficient (Wildman–Crippen LogP) is 3.33. The summed E-state index contributed by atoms with van der Waals surface area (Å²) in [6.07, 6.45) is 1.51. The molecule has 2 aromatic rings. The highest BCUT2D eigenvalue weighted by Crippen LogP contribution is 2.27. The molecule has 138 valence electrons. The van der Waals surface area contributed by atoms with E-state index in [1.807, 2.05) is 4.90 Å². The van der Waals surface area contributed by atoms with Gasteiger partial charge in [-0.2, -0.15) is 0 Å². The third-order valence-corrected chi connectivity index (χ3v) is 4.65. The molecule has 1 atom stereocenters. The second kappa shape index (κ2) is 8.07. The number of amides is 2. The number of carbonyl (C=O) groups is 2. The Hall–Kier alpha value is -2.09. The number of nitrogens with zero attached hydrogens (tertiary/aromatic N) is 2. The topological polar surface area (TPSA) is 87.5 Å². The number of anilines is 2. The highest BCUT2D eigenvalue weighted by Gasteiger charge is 2.32. The number of hydrogen-bond donors (Lipinski definition) is 2. The molecule has 1 aromatic heterocycles. The summed E-state index contributed by atoms with van der Waals surface area (Å²) in [4.78, 5) is 26.6. The Morgan fingerprint density at radius 1 is 1.31 bits per heavy atom. The van der Waals surface area contributed by atoms with Gasteiger partial charge in [-0.1, -0.05) is 28.4 Å². The van der Waals surface area contributed by atoms with Gasteiger partial charge >= 0.3 is 0 Å². The number of carbonyl (C=O) groups excluding carboxylic acids is 2. The van der Waals surface area contributed by atoms with Crippen molar-refractivity contribution in [2.24, 2.45) is 0 Å². The van der Waals surface area contributed by atoms with Crippen LogP contribution in [0.25, 0.3) is 0 Å². The van der Waals surface area contributed by atoms with E-state index in [9.17, 15) is 9.59 Å². The maximum Gasteiger partial charge on any atom is 0.241 e. The van der Waals surface area contributed by atoms with Gasteiger partial charge in [-0.15, -0.1) is 0 Å². The summed E-state index contributed by atoms with van der Waals surface area (Å²) >= 11 is 12.0. The SMILES string of the molecule is Cc1cc(NC(=O)CN2CCCC2C(=O)Nc2ccc(Cl)cc2Cl)no1. The molecule has 1 fully saturated rings. The van der Waals surface area contributed by atoms with Gasteiger partial charge in [-0.05, 0) is 44.5 Å². The molecule has 0 radical (unpaired) electrons. The molecule has 9 heteroatoms. The van der Waals surface area contributed by atoms with Gasteiger partial charge < -0.3 is 15.2 Å². The smallest absolute Gasteiger partial charge is 0.241 e. The Balaban J connectivity index is 1.60. The van der Waals surface area contributed by atoms with Crippen molar-refractivity contribution < 1.29 is 14.1 Å². The van der Waals surface area contributed by atoms with Crippen LogP contribution in [0.15, 0.2) is 28.8 Å². The lowest BCUT2D eigenvalue weighted by atomic mass is 10.2. The number of nitrogens with one attached hydrogen (secondary N) is 2. The Bertz CT molecular complexity index is 824. The molecule has 3 rings (SSSR count). The van der Waals surface area contributed by atoms with Gasteiger partial charge in [-0.25, -0.2) is 0 Å². The zero-order valence-corrected chi connectivity index (χ0v) is 15.6. The van der Waals surface area contributed by atoms with Crippen LogP contribution in [0, 0.1) is 6.92 Å². The van der Waals surface area contributed by atoms with Gasteiger partial charge in [0.05, 0.1) is 23.3 Å². The van der Waals surface area contributed by atoms with Crippen LogP contribution in [0.4, 0.5) is 11.5 Å². The monoisotopic (exact) mass is 396 g/mol. The summed E-state index contributed by atoms with van der Waals surface area (Å²) < 4.78 is 4.92. The van der Waals surface area contributed by atoms with E-state index >= 15 is 0 Å². The second-order valence-corrected chi connectivity index (χ2v) is 6.96. The fourth-order valence-electron chi connectivity index (χ4n) is 2.91. The van der Waals surface area contributed by atoms with Gasteiger partial charge in [0.25, 0.3) is 0 Å². The van der Waals surface area contributed by atoms with Crippen LogP contribution >= 0.6 is 23.2 Å². The lowest BCUT2D eigenvalue weighted by molar-refractivity contribution is -0.122. The molecule has 1 unspecified atom stereocenters. The average Bonchev–Trinajstić information content (AvgIpc) is 3.19. The van der Waals surface area contributed by atoms with Crippen LogP contribution in [0.2, 0.25) is 10.0 Å². The van der Waals surface area contributed by atoms with Crippen LogP contribution in [0.5, 0.6) is 0 Å². The molecule has 26 heavy (non-hydrogen) atoms. The molecular formula is C17H18Cl2N4O3. The van der Waals surface area contributed by atoms with Gasteiger partial charge in [0.2, 0.25) is 11.8 Å². The summed E-state index contributed by atoms with van der Waals surface area (Å²) in [6.45, 7) is 2.50. The van der Waals surface area contributed by atoms with Crippen molar-refractivity contribution in [3.63, 3.8) is 0 Å². The third-order valence-electron chi connectivity index (χ3n) is 4.10. The maximum atomic E-state index is 12.6. The number of halogens is 2. The number of hydrogen-bond acceptors (Lipinski definition) is 5. The van der Waals surface area contributed by atoms with Crippen LogP contribution in [0.3, 0.4) is 0 Å². The number of aromatic nitrogens is 1. The highest BCUT2D eigenvalue weighted by atomic mass is 35.5. The fraction of sp³-hybridized carbons (Fsp3) is 0.353. The summed E-state index contributed by atoms with van der Waals surface area (Å²) in [5, 5.41) is 10.1. The van der Waals surface area contributed by atoms with Crippen molar-refractivity contribution in [3.8, 4) is 0 Å². The van der Waals surface area contributed by atoms with Gasteiger partial charge in [0.1, 0.15) is 5.76 Å². The Morgan fingerprint density at radius 2 is 2.12 bits per heavy atom. The van der Waals surface area contributed by atoms with Gasteiger partial charge in [0.15, 0.2) is 5.82 Å². The third kappa shape index (κ3) is 4.55. The van der Waals surface area contributed by atoms with E-state index in [1.165, 1.54) is 0 Å². The van der Waals surface area contributed by atoms with E-state index in [2.05, 4.69) is 15.8 Å². The Kier molecular flexibility index (Phi) is 5.80. The molecule has 2 N–H and O–H groups in total. The standard InChI is InChI=1S/C17H18Cl2N4O3/c1-10-7-15(22-26-10)21-16(24)9-23-6-2-3-14(23)17(25)20-13-5-4-11(18)8-12(13)19/h4-5,7-8,14H,2-3,6,9H2,1H3,(H,20,25)(H,21,22,24). The van der Waals surface area contributed by atoms with E-state index in [0.29, 0.717) is 40.3 Å². The van der Waals surface area contributed by atoms with E-state index < -0.39 is 6.04 Å². The first-order valence-electron chi connectivity index (χ1n) is 8.15. The predicted molar refractivity (Wildman–Crippen MR) is 99.6 cm³/mol. The minimum atomic E-state index is -0.397. The number of likely N-dealkylation sites (tertiary alicyclic amines) is 1.